The second-order valence-corrected chi connectivity index (χ2v) is 10.3. The Hall–Kier alpha value is -4.65. The fourth-order valence-corrected chi connectivity index (χ4v) is 5.13. The fraction of sp³-hybridized carbons (Fsp3) is 0.207. The standard InChI is InChI=1S/C29H25F3N6O3S/c1-3-18(2)23-6-4-5-7-24(23)38-25(39)16-42-28(38)35-27(40)34-20-10-8-19(9-11-20)26-33-17-37(36-26)21-12-14-22(15-13-21)41-29(30,31)32/h4-15,17-18H,3,16H2,1-2H3,(H,34,40). The molecule has 1 aliphatic rings. The van der Waals surface area contributed by atoms with Gasteiger partial charge in [0.1, 0.15) is 12.1 Å². The van der Waals surface area contributed by atoms with Gasteiger partial charge in [-0.2, -0.15) is 4.99 Å². The molecule has 1 unspecified atom stereocenters. The Morgan fingerprint density at radius 1 is 1.10 bits per heavy atom. The summed E-state index contributed by atoms with van der Waals surface area (Å²) in [4.78, 5) is 35.5. The number of amides is 3. The lowest BCUT2D eigenvalue weighted by atomic mass is 9.96. The Morgan fingerprint density at radius 3 is 2.50 bits per heavy atom. The van der Waals surface area contributed by atoms with Crippen LogP contribution in [0.4, 0.5) is 29.3 Å². The lowest BCUT2D eigenvalue weighted by Gasteiger charge is -2.22. The van der Waals surface area contributed by atoms with Crippen molar-refractivity contribution >= 4 is 40.2 Å². The van der Waals surface area contributed by atoms with Crippen LogP contribution < -0.4 is 15.0 Å². The summed E-state index contributed by atoms with van der Waals surface area (Å²) in [5.41, 5.74) is 3.38. The summed E-state index contributed by atoms with van der Waals surface area (Å²) in [5, 5.41) is 7.41. The van der Waals surface area contributed by atoms with Crippen molar-refractivity contribution in [2.24, 2.45) is 4.99 Å². The van der Waals surface area contributed by atoms with E-state index in [1.165, 1.54) is 51.9 Å². The van der Waals surface area contributed by atoms with E-state index in [4.69, 9.17) is 0 Å². The predicted octanol–water partition coefficient (Wildman–Crippen LogP) is 7.01. The first-order valence-corrected chi connectivity index (χ1v) is 13.9. The number of carbonyl (C=O) groups is 2. The Labute approximate surface area is 243 Å². The van der Waals surface area contributed by atoms with E-state index in [0.717, 1.165) is 17.7 Å². The molecule has 0 aliphatic carbocycles. The van der Waals surface area contributed by atoms with Gasteiger partial charge >= 0.3 is 12.4 Å². The first-order valence-electron chi connectivity index (χ1n) is 12.9. The molecule has 3 aromatic carbocycles. The monoisotopic (exact) mass is 594 g/mol. The predicted molar refractivity (Wildman–Crippen MR) is 155 cm³/mol. The van der Waals surface area contributed by atoms with E-state index in [0.29, 0.717) is 27.9 Å². The number of halogens is 3. The van der Waals surface area contributed by atoms with Crippen molar-refractivity contribution in [3.63, 3.8) is 0 Å². The van der Waals surface area contributed by atoms with Crippen molar-refractivity contribution in [2.75, 3.05) is 16.0 Å². The van der Waals surface area contributed by atoms with Crippen molar-refractivity contribution in [1.82, 2.24) is 14.8 Å². The van der Waals surface area contributed by atoms with Crippen LogP contribution >= 0.6 is 11.8 Å². The topological polar surface area (TPSA) is 102 Å². The molecule has 42 heavy (non-hydrogen) atoms. The average molecular weight is 595 g/mol. The van der Waals surface area contributed by atoms with E-state index in [9.17, 15) is 22.8 Å². The molecule has 1 saturated heterocycles. The maximum absolute atomic E-state index is 12.8. The second kappa shape index (κ2) is 12.1. The third kappa shape index (κ3) is 6.62. The quantitative estimate of drug-likeness (QED) is 0.247. The Bertz CT molecular complexity index is 1620. The van der Waals surface area contributed by atoms with Gasteiger partial charge in [0, 0.05) is 11.3 Å². The summed E-state index contributed by atoms with van der Waals surface area (Å²) in [6.45, 7) is 4.17. The van der Waals surface area contributed by atoms with Gasteiger partial charge in [-0.05, 0) is 72.5 Å². The number of aliphatic imine (C=N–C) groups is 1. The molecular weight excluding hydrogens is 569 g/mol. The molecule has 1 atom stereocenters. The minimum absolute atomic E-state index is 0.135. The lowest BCUT2D eigenvalue weighted by Crippen LogP contribution is -2.31. The van der Waals surface area contributed by atoms with Crippen LogP contribution in [-0.4, -0.2) is 44.0 Å². The molecule has 1 fully saturated rings. The Morgan fingerprint density at radius 2 is 1.81 bits per heavy atom. The summed E-state index contributed by atoms with van der Waals surface area (Å²) < 4.78 is 42.5. The molecule has 13 heteroatoms. The molecule has 1 aliphatic heterocycles. The normalized spacial score (nSPS) is 15.2. The highest BCUT2D eigenvalue weighted by molar-refractivity contribution is 8.15. The summed E-state index contributed by atoms with van der Waals surface area (Å²) in [7, 11) is 0. The van der Waals surface area contributed by atoms with Crippen LogP contribution in [0.2, 0.25) is 0 Å². The summed E-state index contributed by atoms with van der Waals surface area (Å²) >= 11 is 1.21. The van der Waals surface area contributed by atoms with Crippen LogP contribution in [0.1, 0.15) is 31.7 Å². The number of nitrogens with zero attached hydrogens (tertiary/aromatic N) is 5. The number of nitrogens with one attached hydrogen (secondary N) is 1. The largest absolute Gasteiger partial charge is 0.573 e. The van der Waals surface area contributed by atoms with Gasteiger partial charge in [-0.1, -0.05) is 43.8 Å². The molecule has 5 rings (SSSR count). The zero-order chi connectivity index (χ0) is 29.9. The molecule has 0 bridgehead atoms. The Balaban J connectivity index is 1.26. The third-order valence-corrected chi connectivity index (χ3v) is 7.43. The SMILES string of the molecule is CCC(C)c1ccccc1N1C(=O)CSC1=NC(=O)Nc1ccc(-c2ncn(-c3ccc(OC(F)(F)F)cc3)n2)cc1. The first kappa shape index (κ1) is 28.9. The van der Waals surface area contributed by atoms with Crippen LogP contribution in [0.25, 0.3) is 17.1 Å². The molecule has 2 heterocycles. The maximum Gasteiger partial charge on any atom is 0.573 e. The number of rotatable bonds is 7. The van der Waals surface area contributed by atoms with E-state index in [-0.39, 0.29) is 23.3 Å². The fourth-order valence-electron chi connectivity index (χ4n) is 4.27. The number of benzene rings is 3. The molecule has 4 aromatic rings. The number of thioether (sulfide) groups is 1. The van der Waals surface area contributed by atoms with Crippen molar-refractivity contribution < 1.29 is 27.5 Å². The minimum atomic E-state index is -4.77. The molecule has 1 aromatic heterocycles. The number of hydrogen-bond acceptors (Lipinski definition) is 6. The van der Waals surface area contributed by atoms with E-state index in [1.54, 1.807) is 24.3 Å². The highest BCUT2D eigenvalue weighted by atomic mass is 32.2. The van der Waals surface area contributed by atoms with Gasteiger partial charge in [-0.25, -0.2) is 14.5 Å². The maximum atomic E-state index is 12.8. The highest BCUT2D eigenvalue weighted by Gasteiger charge is 2.33. The lowest BCUT2D eigenvalue weighted by molar-refractivity contribution is -0.274. The van der Waals surface area contributed by atoms with Crippen LogP contribution in [0.5, 0.6) is 5.75 Å². The van der Waals surface area contributed by atoms with Crippen LogP contribution in [0.15, 0.2) is 84.1 Å². The van der Waals surface area contributed by atoms with Crippen LogP contribution in [0.3, 0.4) is 0 Å². The number of aromatic nitrogens is 3. The summed E-state index contributed by atoms with van der Waals surface area (Å²) in [6, 6.07) is 19.0. The van der Waals surface area contributed by atoms with Gasteiger partial charge in [0.25, 0.3) is 0 Å². The molecule has 9 nitrogen and oxygen atoms in total. The Kier molecular flexibility index (Phi) is 8.29. The van der Waals surface area contributed by atoms with Gasteiger partial charge in [-0.3, -0.25) is 9.69 Å². The van der Waals surface area contributed by atoms with Crippen molar-refractivity contribution in [2.45, 2.75) is 32.5 Å². The van der Waals surface area contributed by atoms with Gasteiger partial charge in [0.2, 0.25) is 5.91 Å². The number of urea groups is 1. The number of ether oxygens (including phenoxy) is 1. The molecule has 216 valence electrons. The molecule has 0 saturated carbocycles. The van der Waals surface area contributed by atoms with Crippen molar-refractivity contribution in [3.8, 4) is 22.8 Å². The number of alkyl halides is 3. The van der Waals surface area contributed by atoms with Crippen LogP contribution in [-0.2, 0) is 4.79 Å². The molecule has 0 spiro atoms. The zero-order valence-electron chi connectivity index (χ0n) is 22.5. The van der Waals surface area contributed by atoms with E-state index >= 15 is 0 Å². The summed E-state index contributed by atoms with van der Waals surface area (Å²) in [5.74, 6) is 0.328. The van der Waals surface area contributed by atoms with Gasteiger partial charge in [0.05, 0.1) is 17.1 Å². The molecule has 3 amide bonds. The minimum Gasteiger partial charge on any atom is -0.406 e. The molecular formula is C29H25F3N6O3S. The van der Waals surface area contributed by atoms with Gasteiger partial charge in [-0.15, -0.1) is 18.3 Å². The van der Waals surface area contributed by atoms with Crippen molar-refractivity contribution in [1.29, 1.82) is 0 Å². The number of amidine groups is 1. The number of anilines is 2. The van der Waals surface area contributed by atoms with E-state index in [1.807, 2.05) is 24.3 Å². The third-order valence-electron chi connectivity index (χ3n) is 6.50. The average Bonchev–Trinajstić information content (AvgIpc) is 3.59. The van der Waals surface area contributed by atoms with E-state index < -0.39 is 12.4 Å². The second-order valence-electron chi connectivity index (χ2n) is 9.34. The highest BCUT2D eigenvalue weighted by Crippen LogP contribution is 2.34. The molecule has 0 radical (unpaired) electrons. The molecule has 1 N–H and O–H groups in total. The number of para-hydroxylation sites is 1. The summed E-state index contributed by atoms with van der Waals surface area (Å²) in [6.07, 6.45) is -2.43. The van der Waals surface area contributed by atoms with Crippen molar-refractivity contribution in [3.05, 3.63) is 84.7 Å². The smallest absolute Gasteiger partial charge is 0.406 e. The first-order chi connectivity index (χ1) is 20.1. The van der Waals surface area contributed by atoms with E-state index in [2.05, 4.69) is 39.0 Å². The zero-order valence-corrected chi connectivity index (χ0v) is 23.3. The number of carbonyl (C=O) groups excluding carboxylic acids is 2. The van der Waals surface area contributed by atoms with Gasteiger partial charge < -0.3 is 10.1 Å². The van der Waals surface area contributed by atoms with Crippen LogP contribution in [0, 0.1) is 0 Å². The number of hydrogen-bond donors (Lipinski definition) is 1. The van der Waals surface area contributed by atoms with Gasteiger partial charge in [0.15, 0.2) is 11.0 Å².